The molecule has 286 valence electrons. The molecule has 3 aliphatic rings. The highest BCUT2D eigenvalue weighted by atomic mass is 32.2. The number of imidazole rings is 1. The second-order valence-corrected chi connectivity index (χ2v) is 17.5. The van der Waals surface area contributed by atoms with E-state index >= 15 is 4.39 Å². The van der Waals surface area contributed by atoms with Crippen molar-refractivity contribution in [2.45, 2.75) is 104 Å². The van der Waals surface area contributed by atoms with Crippen LogP contribution in [-0.4, -0.2) is 72.1 Å². The lowest BCUT2D eigenvalue weighted by atomic mass is 9.92. The summed E-state index contributed by atoms with van der Waals surface area (Å²) in [6.45, 7) is 14.6. The normalized spacial score (nSPS) is 20.5. The van der Waals surface area contributed by atoms with Crippen molar-refractivity contribution in [3.63, 3.8) is 0 Å². The van der Waals surface area contributed by atoms with E-state index in [9.17, 15) is 18.3 Å². The molecule has 2 N–H and O–H groups in total. The standard InChI is InChI=1S/C40H51FN4O7S/c1-24-20-32-29(22-30(24)41)27-13-11-14-28(21-27)31-23-45-36(42-31)34(43-53(8,48)49)26(3)33(35(38(46)47)52-39(4,5)6)37(45)44-17-15-40(7,16-18-44)50-19-10-9-12-25(2)51-32/h11,13-14,20-23,25,35,43H,9-10,12,15-19H2,1-8H3,(H,46,47). The number of aliphatic carboxylic acids is 1. The number of fused-ring (bicyclic) bond motifs is 8. The fourth-order valence-electron chi connectivity index (χ4n) is 7.28. The summed E-state index contributed by atoms with van der Waals surface area (Å²) in [7, 11) is -3.84. The summed E-state index contributed by atoms with van der Waals surface area (Å²) in [5, 5.41) is 10.7. The molecule has 1 fully saturated rings. The van der Waals surface area contributed by atoms with Crippen LogP contribution in [-0.2, 0) is 24.3 Å². The average Bonchev–Trinajstić information content (AvgIpc) is 3.51. The maximum atomic E-state index is 15.1. The zero-order valence-electron chi connectivity index (χ0n) is 31.9. The lowest BCUT2D eigenvalue weighted by Crippen LogP contribution is -2.45. The summed E-state index contributed by atoms with van der Waals surface area (Å²) in [6.07, 6.45) is 5.22. The molecule has 0 aliphatic carbocycles. The fourth-order valence-corrected chi connectivity index (χ4v) is 7.89. The van der Waals surface area contributed by atoms with Crippen molar-refractivity contribution in [3.8, 4) is 28.1 Å². The van der Waals surface area contributed by atoms with Gasteiger partial charge >= 0.3 is 5.97 Å². The van der Waals surface area contributed by atoms with Gasteiger partial charge in [0.05, 0.1) is 34.9 Å². The highest BCUT2D eigenvalue weighted by Crippen LogP contribution is 2.43. The van der Waals surface area contributed by atoms with Crippen LogP contribution in [0.1, 0.15) is 89.5 Å². The molecule has 6 bridgehead atoms. The van der Waals surface area contributed by atoms with Crippen LogP contribution in [0, 0.1) is 19.7 Å². The predicted octanol–water partition coefficient (Wildman–Crippen LogP) is 8.06. The molecule has 0 saturated carbocycles. The summed E-state index contributed by atoms with van der Waals surface area (Å²) >= 11 is 0. The van der Waals surface area contributed by atoms with Crippen molar-refractivity contribution in [1.82, 2.24) is 9.38 Å². The smallest absolute Gasteiger partial charge is 0.337 e. The number of sulfonamides is 1. The van der Waals surface area contributed by atoms with Gasteiger partial charge in [-0.15, -0.1) is 0 Å². The molecular formula is C40H51FN4O7S. The fraction of sp³-hybridized carbons (Fsp3) is 0.500. The third-order valence-corrected chi connectivity index (χ3v) is 10.6. The Morgan fingerprint density at radius 2 is 1.83 bits per heavy atom. The summed E-state index contributed by atoms with van der Waals surface area (Å²) in [6, 6.07) is 10.8. The first-order chi connectivity index (χ1) is 24.8. The highest BCUT2D eigenvalue weighted by molar-refractivity contribution is 7.92. The number of nitrogens with one attached hydrogen (secondary N) is 1. The van der Waals surface area contributed by atoms with E-state index in [-0.39, 0.29) is 23.2 Å². The third-order valence-electron chi connectivity index (χ3n) is 10.1. The lowest BCUT2D eigenvalue weighted by Gasteiger charge is -2.42. The van der Waals surface area contributed by atoms with Crippen LogP contribution in [0.4, 0.5) is 15.9 Å². The first kappa shape index (κ1) is 38.5. The summed E-state index contributed by atoms with van der Waals surface area (Å²) < 4.78 is 64.5. The number of ether oxygens (including phenoxy) is 3. The van der Waals surface area contributed by atoms with Crippen LogP contribution >= 0.6 is 0 Å². The highest BCUT2D eigenvalue weighted by Gasteiger charge is 2.38. The topological polar surface area (TPSA) is 132 Å². The number of hydrogen-bond acceptors (Lipinski definition) is 8. The van der Waals surface area contributed by atoms with Gasteiger partial charge in [0, 0.05) is 42.6 Å². The zero-order valence-corrected chi connectivity index (χ0v) is 32.7. The minimum Gasteiger partial charge on any atom is -0.490 e. The molecule has 13 heteroatoms. The second kappa shape index (κ2) is 14.6. The maximum Gasteiger partial charge on any atom is 0.337 e. The molecule has 2 unspecified atom stereocenters. The van der Waals surface area contributed by atoms with E-state index in [1.54, 1.807) is 51.3 Å². The lowest BCUT2D eigenvalue weighted by molar-refractivity contribution is -0.160. The number of carboxylic acids is 1. The largest absolute Gasteiger partial charge is 0.490 e. The predicted molar refractivity (Wildman–Crippen MR) is 205 cm³/mol. The minimum atomic E-state index is -3.84. The van der Waals surface area contributed by atoms with Gasteiger partial charge in [0.15, 0.2) is 11.8 Å². The summed E-state index contributed by atoms with van der Waals surface area (Å²) in [5.74, 6) is -0.416. The van der Waals surface area contributed by atoms with Crippen LogP contribution in [0.2, 0.25) is 0 Å². The van der Waals surface area contributed by atoms with Crippen LogP contribution in [0.15, 0.2) is 42.6 Å². The molecule has 5 heterocycles. The maximum absolute atomic E-state index is 15.1. The zero-order chi connectivity index (χ0) is 38.5. The van der Waals surface area contributed by atoms with Gasteiger partial charge in [-0.2, -0.15) is 0 Å². The molecule has 11 nitrogen and oxygen atoms in total. The molecule has 0 radical (unpaired) electrons. The third kappa shape index (κ3) is 8.47. The minimum absolute atomic E-state index is 0.113. The van der Waals surface area contributed by atoms with Crippen LogP contribution in [0.5, 0.6) is 5.75 Å². The molecule has 4 aromatic rings. The van der Waals surface area contributed by atoms with Gasteiger partial charge in [-0.05, 0) is 115 Å². The van der Waals surface area contributed by atoms with E-state index in [1.165, 1.54) is 6.07 Å². The number of nitrogens with zero attached hydrogens (tertiary/aromatic N) is 3. The summed E-state index contributed by atoms with van der Waals surface area (Å²) in [4.78, 5) is 20.2. The van der Waals surface area contributed by atoms with E-state index in [0.717, 1.165) is 31.1 Å². The molecule has 1 saturated heterocycles. The van der Waals surface area contributed by atoms with Crippen molar-refractivity contribution in [2.24, 2.45) is 0 Å². The number of pyridine rings is 1. The van der Waals surface area contributed by atoms with E-state index in [4.69, 9.17) is 19.2 Å². The number of aromatic nitrogens is 2. The van der Waals surface area contributed by atoms with Crippen molar-refractivity contribution >= 4 is 33.1 Å². The molecule has 3 aliphatic heterocycles. The van der Waals surface area contributed by atoms with E-state index in [2.05, 4.69) is 16.5 Å². The summed E-state index contributed by atoms with van der Waals surface area (Å²) in [5.41, 5.74) is 2.96. The number of carboxylic acid groups (broad SMARTS) is 1. The number of piperidine rings is 1. The molecule has 0 spiro atoms. The number of hydrogen-bond donors (Lipinski definition) is 2. The second-order valence-electron chi connectivity index (χ2n) is 15.8. The number of aryl methyl sites for hydroxylation is 1. The van der Waals surface area contributed by atoms with Crippen molar-refractivity contribution in [3.05, 3.63) is 65.1 Å². The average molecular weight is 751 g/mol. The van der Waals surface area contributed by atoms with Gasteiger partial charge in [0.25, 0.3) is 0 Å². The van der Waals surface area contributed by atoms with E-state index < -0.39 is 27.7 Å². The quantitative estimate of drug-likeness (QED) is 0.208. The number of carbonyl (C=O) groups is 1. The molecular weight excluding hydrogens is 700 g/mol. The van der Waals surface area contributed by atoms with Gasteiger partial charge in [-0.3, -0.25) is 9.12 Å². The Balaban J connectivity index is 1.64. The van der Waals surface area contributed by atoms with Gasteiger partial charge in [0.2, 0.25) is 10.0 Å². The monoisotopic (exact) mass is 750 g/mol. The van der Waals surface area contributed by atoms with E-state index in [0.29, 0.717) is 83.3 Å². The first-order valence-electron chi connectivity index (χ1n) is 18.2. The van der Waals surface area contributed by atoms with Crippen LogP contribution in [0.25, 0.3) is 28.0 Å². The van der Waals surface area contributed by atoms with Crippen molar-refractivity contribution < 1.29 is 36.9 Å². The first-order valence-corrected chi connectivity index (χ1v) is 20.1. The Morgan fingerprint density at radius 1 is 1.13 bits per heavy atom. The number of benzene rings is 2. The molecule has 2 aromatic heterocycles. The SMILES string of the molecule is Cc1cc2c(cc1F)-c1cccc(c1)-c1cn3c(c(C(OC(C)(C)C)C(=O)O)c(C)c(NS(C)(=O)=O)c3n1)N1CCC(C)(CC1)OCCCCC(C)O2. The number of halogens is 1. The van der Waals surface area contributed by atoms with Crippen LogP contribution in [0.3, 0.4) is 0 Å². The van der Waals surface area contributed by atoms with Crippen LogP contribution < -0.4 is 14.4 Å². The Kier molecular flexibility index (Phi) is 10.6. The Hall–Kier alpha value is -4.20. The molecule has 53 heavy (non-hydrogen) atoms. The molecule has 2 atom stereocenters. The number of anilines is 2. The van der Waals surface area contributed by atoms with E-state index in [1.807, 2.05) is 31.2 Å². The van der Waals surface area contributed by atoms with Gasteiger partial charge < -0.3 is 24.2 Å². The molecule has 7 rings (SSSR count). The van der Waals surface area contributed by atoms with Crippen molar-refractivity contribution in [1.29, 1.82) is 0 Å². The Labute approximate surface area is 311 Å². The molecule has 2 aromatic carbocycles. The Morgan fingerprint density at radius 3 is 2.49 bits per heavy atom. The van der Waals surface area contributed by atoms with Gasteiger partial charge in [0.1, 0.15) is 17.4 Å². The van der Waals surface area contributed by atoms with Crippen molar-refractivity contribution in [2.75, 3.05) is 35.6 Å². The van der Waals surface area contributed by atoms with Gasteiger partial charge in [-0.25, -0.2) is 22.6 Å². The molecule has 0 amide bonds. The van der Waals surface area contributed by atoms with Gasteiger partial charge in [-0.1, -0.05) is 18.2 Å². The number of rotatable bonds is 5. The Bertz CT molecular complexity index is 2130.